The number of rotatable bonds is 7. The van der Waals surface area contributed by atoms with Crippen LogP contribution in [0, 0.1) is 0 Å². The van der Waals surface area contributed by atoms with E-state index in [2.05, 4.69) is 20.9 Å². The van der Waals surface area contributed by atoms with Crippen LogP contribution in [0.25, 0.3) is 11.0 Å². The van der Waals surface area contributed by atoms with Crippen molar-refractivity contribution in [3.63, 3.8) is 0 Å². The fourth-order valence-electron chi connectivity index (χ4n) is 2.77. The van der Waals surface area contributed by atoms with Crippen LogP contribution in [0.5, 0.6) is 0 Å². The van der Waals surface area contributed by atoms with Gasteiger partial charge in [0.15, 0.2) is 0 Å². The van der Waals surface area contributed by atoms with Crippen molar-refractivity contribution in [3.8, 4) is 0 Å². The molecule has 0 aliphatic rings. The third kappa shape index (κ3) is 5.27. The molecule has 3 rings (SSSR count). The van der Waals surface area contributed by atoms with Gasteiger partial charge in [-0.25, -0.2) is 4.98 Å². The van der Waals surface area contributed by atoms with Gasteiger partial charge in [-0.05, 0) is 23.8 Å². The number of halogens is 1. The van der Waals surface area contributed by atoms with Gasteiger partial charge < -0.3 is 24.8 Å². The van der Waals surface area contributed by atoms with E-state index in [1.165, 1.54) is 4.57 Å². The minimum Gasteiger partial charge on any atom is -0.460 e. The Hall–Kier alpha value is -2.03. The second kappa shape index (κ2) is 8.55. The third-order valence-corrected chi connectivity index (χ3v) is 5.19. The van der Waals surface area contributed by atoms with Gasteiger partial charge in [0, 0.05) is 10.9 Å². The van der Waals surface area contributed by atoms with Crippen molar-refractivity contribution < 1.29 is 23.9 Å². The van der Waals surface area contributed by atoms with Gasteiger partial charge in [-0.1, -0.05) is 46.3 Å². The Labute approximate surface area is 169 Å². The highest BCUT2D eigenvalue weighted by atomic mass is 79.9. The number of hydrogen-bond donors (Lipinski definition) is 3. The van der Waals surface area contributed by atoms with Gasteiger partial charge in [0.2, 0.25) is 0 Å². The molecule has 148 valence electrons. The molecule has 0 fully saturated rings. The first kappa shape index (κ1) is 20.7. The van der Waals surface area contributed by atoms with E-state index in [1.54, 1.807) is 18.2 Å². The first-order valence-corrected chi connectivity index (χ1v) is 11.0. The van der Waals surface area contributed by atoms with Crippen LogP contribution in [0.3, 0.4) is 0 Å². The van der Waals surface area contributed by atoms with Crippen LogP contribution >= 0.6 is 23.5 Å². The van der Waals surface area contributed by atoms with Gasteiger partial charge in [0.05, 0.1) is 11.0 Å². The predicted molar refractivity (Wildman–Crippen MR) is 107 cm³/mol. The van der Waals surface area contributed by atoms with Crippen LogP contribution in [0.4, 0.5) is 0 Å². The Bertz CT molecular complexity index is 1030. The highest BCUT2D eigenvalue weighted by Crippen LogP contribution is 2.38. The second-order valence-electron chi connectivity index (χ2n) is 6.30. The molecule has 1 unspecified atom stereocenters. The Morgan fingerprint density at radius 3 is 2.64 bits per heavy atom. The first-order valence-electron chi connectivity index (χ1n) is 8.38. The summed E-state index contributed by atoms with van der Waals surface area (Å²) in [4.78, 5) is 35.5. The van der Waals surface area contributed by atoms with Gasteiger partial charge in [0.1, 0.15) is 24.8 Å². The number of benzene rings is 2. The van der Waals surface area contributed by atoms with Crippen molar-refractivity contribution in [2.45, 2.75) is 25.4 Å². The number of hydrogen-bond acceptors (Lipinski definition) is 5. The van der Waals surface area contributed by atoms with Crippen LogP contribution in [0.2, 0.25) is 0 Å². The van der Waals surface area contributed by atoms with Crippen LogP contribution in [-0.4, -0.2) is 31.3 Å². The number of ether oxygens (including phenoxy) is 1. The normalized spacial score (nSPS) is 12.9. The molecular weight excluding hydrogens is 449 g/mol. The molecule has 0 spiro atoms. The first-order chi connectivity index (χ1) is 13.2. The number of esters is 1. The highest BCUT2D eigenvalue weighted by Gasteiger charge is 2.24. The summed E-state index contributed by atoms with van der Waals surface area (Å²) in [5.41, 5.74) is 7.89. The largest absolute Gasteiger partial charge is 0.460 e. The van der Waals surface area contributed by atoms with Crippen molar-refractivity contribution in [3.05, 3.63) is 64.4 Å². The van der Waals surface area contributed by atoms with Crippen LogP contribution < -0.4 is 5.73 Å². The molecule has 0 amide bonds. The maximum absolute atomic E-state index is 12.2. The zero-order valence-electron chi connectivity index (χ0n) is 14.7. The van der Waals surface area contributed by atoms with E-state index < -0.39 is 25.9 Å². The highest BCUT2D eigenvalue weighted by molar-refractivity contribution is 9.10. The van der Waals surface area contributed by atoms with E-state index in [-0.39, 0.29) is 13.0 Å². The molecule has 0 bridgehead atoms. The molecule has 0 radical (unpaired) electrons. The van der Waals surface area contributed by atoms with E-state index >= 15 is 0 Å². The summed E-state index contributed by atoms with van der Waals surface area (Å²) >= 11 is 3.34. The van der Waals surface area contributed by atoms with Gasteiger partial charge in [0.25, 0.3) is 0 Å². The van der Waals surface area contributed by atoms with Gasteiger partial charge >= 0.3 is 13.6 Å². The monoisotopic (exact) mass is 467 g/mol. The van der Waals surface area contributed by atoms with Crippen LogP contribution in [-0.2, 0) is 33.4 Å². The number of nitrogens with two attached hydrogens (primary N) is 1. The maximum Gasteiger partial charge on any atom is 0.345 e. The summed E-state index contributed by atoms with van der Waals surface area (Å²) in [6.07, 6.45) is -0.563. The minimum atomic E-state index is -4.36. The quantitative estimate of drug-likeness (QED) is 0.359. The Morgan fingerprint density at radius 1 is 1.25 bits per heavy atom. The number of fused-ring (bicyclic) bond motifs is 1. The topological polar surface area (TPSA) is 128 Å². The molecule has 0 aliphatic carbocycles. The zero-order valence-corrected chi connectivity index (χ0v) is 17.2. The molecule has 0 saturated heterocycles. The van der Waals surface area contributed by atoms with Crippen LogP contribution in [0.15, 0.2) is 53.0 Å². The Balaban J connectivity index is 1.79. The number of aromatic nitrogens is 2. The van der Waals surface area contributed by atoms with E-state index in [0.29, 0.717) is 16.9 Å². The predicted octanol–water partition coefficient (Wildman–Crippen LogP) is 2.55. The van der Waals surface area contributed by atoms with Crippen molar-refractivity contribution in [2.75, 3.05) is 0 Å². The molecule has 1 aromatic heterocycles. The molecule has 3 aromatic rings. The van der Waals surface area contributed by atoms with Crippen molar-refractivity contribution >= 4 is 40.5 Å². The summed E-state index contributed by atoms with van der Waals surface area (Å²) in [5.74, 6) is -0.305. The molecule has 0 saturated carbocycles. The van der Waals surface area contributed by atoms with E-state index in [4.69, 9.17) is 10.5 Å². The number of carbonyl (C=O) groups is 1. The molecule has 2 aromatic carbocycles. The molecule has 8 nitrogen and oxygen atoms in total. The van der Waals surface area contributed by atoms with Crippen molar-refractivity contribution in [2.24, 2.45) is 5.73 Å². The van der Waals surface area contributed by atoms with Gasteiger partial charge in [-0.2, -0.15) is 0 Å². The Kier molecular flexibility index (Phi) is 6.32. The molecule has 1 atom stereocenters. The molecular formula is C18H19BrN3O5P. The SMILES string of the molecule is NC(Cc1nc2cc(Br)ccc2n1CP(=O)(O)O)C(=O)OCc1ccccc1. The van der Waals surface area contributed by atoms with E-state index in [0.717, 1.165) is 10.0 Å². The summed E-state index contributed by atoms with van der Waals surface area (Å²) in [6, 6.07) is 13.4. The Morgan fingerprint density at radius 2 is 1.96 bits per heavy atom. The smallest absolute Gasteiger partial charge is 0.345 e. The second-order valence-corrected chi connectivity index (χ2v) is 8.83. The average molecular weight is 468 g/mol. The van der Waals surface area contributed by atoms with Crippen molar-refractivity contribution in [1.82, 2.24) is 9.55 Å². The lowest BCUT2D eigenvalue weighted by molar-refractivity contribution is -0.146. The number of imidazole rings is 1. The lowest BCUT2D eigenvalue weighted by Gasteiger charge is -2.14. The lowest BCUT2D eigenvalue weighted by Crippen LogP contribution is -2.35. The third-order valence-electron chi connectivity index (χ3n) is 4.04. The summed E-state index contributed by atoms with van der Waals surface area (Å²) < 4.78 is 19.0. The molecule has 1 heterocycles. The molecule has 10 heteroatoms. The zero-order chi connectivity index (χ0) is 20.3. The standard InChI is InChI=1S/C18H19BrN3O5P/c19-13-6-7-16-15(8-13)21-17(22(16)11-28(24,25)26)9-14(20)18(23)27-10-12-4-2-1-3-5-12/h1-8,14H,9-11,20H2,(H2,24,25,26). The minimum absolute atomic E-state index is 0.0140. The molecule has 4 N–H and O–H groups in total. The fourth-order valence-corrected chi connectivity index (χ4v) is 3.80. The van der Waals surface area contributed by atoms with Crippen molar-refractivity contribution in [1.29, 1.82) is 0 Å². The average Bonchev–Trinajstić information content (AvgIpc) is 2.95. The number of nitrogens with zero attached hydrogens (tertiary/aromatic N) is 2. The number of carbonyl (C=O) groups excluding carboxylic acids is 1. The molecule has 28 heavy (non-hydrogen) atoms. The summed E-state index contributed by atoms with van der Waals surface area (Å²) in [7, 11) is -4.36. The maximum atomic E-state index is 12.2. The lowest BCUT2D eigenvalue weighted by atomic mass is 10.2. The van der Waals surface area contributed by atoms with Gasteiger partial charge in [-0.15, -0.1) is 0 Å². The summed E-state index contributed by atoms with van der Waals surface area (Å²) in [5, 5.41) is 0. The molecule has 0 aliphatic heterocycles. The van der Waals surface area contributed by atoms with Crippen LogP contribution in [0.1, 0.15) is 11.4 Å². The van der Waals surface area contributed by atoms with E-state index in [1.807, 2.05) is 30.3 Å². The van der Waals surface area contributed by atoms with E-state index in [9.17, 15) is 19.1 Å². The van der Waals surface area contributed by atoms with Gasteiger partial charge in [-0.3, -0.25) is 9.36 Å². The fraction of sp³-hybridized carbons (Fsp3) is 0.222. The summed E-state index contributed by atoms with van der Waals surface area (Å²) in [6.45, 7) is 0.0964.